The van der Waals surface area contributed by atoms with Crippen molar-refractivity contribution in [1.29, 1.82) is 0 Å². The molecule has 3 heterocycles. The summed E-state index contributed by atoms with van der Waals surface area (Å²) in [6.07, 6.45) is 4.55. The lowest BCUT2D eigenvalue weighted by Gasteiger charge is -2.21. The number of aromatic nitrogens is 2. The summed E-state index contributed by atoms with van der Waals surface area (Å²) in [7, 11) is 1.58. The van der Waals surface area contributed by atoms with Crippen molar-refractivity contribution in [2.24, 2.45) is 0 Å². The van der Waals surface area contributed by atoms with Crippen molar-refractivity contribution in [2.75, 3.05) is 20.3 Å². The number of nitrogens with one attached hydrogen (secondary N) is 2. The van der Waals surface area contributed by atoms with Crippen molar-refractivity contribution in [3.63, 3.8) is 0 Å². The second kappa shape index (κ2) is 6.90. The summed E-state index contributed by atoms with van der Waals surface area (Å²) in [6, 6.07) is 8.45. The van der Waals surface area contributed by atoms with E-state index >= 15 is 0 Å². The van der Waals surface area contributed by atoms with Crippen molar-refractivity contribution in [2.45, 2.75) is 12.5 Å². The molecule has 1 aliphatic rings. The zero-order chi connectivity index (χ0) is 18.1. The van der Waals surface area contributed by atoms with Crippen LogP contribution in [0.1, 0.15) is 12.1 Å². The van der Waals surface area contributed by atoms with E-state index in [0.29, 0.717) is 17.9 Å². The van der Waals surface area contributed by atoms with Gasteiger partial charge in [-0.2, -0.15) is 0 Å². The number of methoxy groups -OCH3 is 1. The largest absolute Gasteiger partial charge is 0.496 e. The fourth-order valence-electron chi connectivity index (χ4n) is 3.44. The molecule has 0 amide bonds. The summed E-state index contributed by atoms with van der Waals surface area (Å²) < 4.78 is 19.2. The molecule has 2 aromatic heterocycles. The molecule has 0 unspecified atom stereocenters. The minimum Gasteiger partial charge on any atom is -0.496 e. The first kappa shape index (κ1) is 16.8. The monoisotopic (exact) mass is 353 g/mol. The Morgan fingerprint density at radius 3 is 2.96 bits per heavy atom. The SMILES string of the molecule is COc1ccc(F)cc1-c1ccnc2[nH]c(C3=CCN[C@H](CO)C3)cc12. The Morgan fingerprint density at radius 1 is 1.27 bits per heavy atom. The summed E-state index contributed by atoms with van der Waals surface area (Å²) in [5.41, 5.74) is 4.40. The third-order valence-corrected chi connectivity index (χ3v) is 4.77. The second-order valence-corrected chi connectivity index (χ2v) is 6.37. The Balaban J connectivity index is 1.82. The fraction of sp³-hybridized carbons (Fsp3) is 0.250. The van der Waals surface area contributed by atoms with E-state index in [2.05, 4.69) is 21.4 Å². The highest BCUT2D eigenvalue weighted by atomic mass is 19.1. The number of nitrogens with zero attached hydrogens (tertiary/aromatic N) is 1. The molecule has 5 nitrogen and oxygen atoms in total. The van der Waals surface area contributed by atoms with Gasteiger partial charge in [-0.05, 0) is 47.9 Å². The van der Waals surface area contributed by atoms with Crippen LogP contribution in [0.15, 0.2) is 42.6 Å². The first-order valence-electron chi connectivity index (χ1n) is 8.55. The smallest absolute Gasteiger partial charge is 0.138 e. The highest BCUT2D eigenvalue weighted by molar-refractivity contribution is 5.96. The van der Waals surface area contributed by atoms with Gasteiger partial charge in [0.25, 0.3) is 0 Å². The van der Waals surface area contributed by atoms with Gasteiger partial charge in [0.2, 0.25) is 0 Å². The molecule has 3 N–H and O–H groups in total. The maximum absolute atomic E-state index is 13.8. The van der Waals surface area contributed by atoms with Gasteiger partial charge in [-0.3, -0.25) is 0 Å². The van der Waals surface area contributed by atoms with Crippen molar-refractivity contribution in [1.82, 2.24) is 15.3 Å². The first-order chi connectivity index (χ1) is 12.7. The van der Waals surface area contributed by atoms with Crippen LogP contribution in [0.3, 0.4) is 0 Å². The molecular weight excluding hydrogens is 333 g/mol. The average molecular weight is 353 g/mol. The van der Waals surface area contributed by atoms with Gasteiger partial charge in [-0.15, -0.1) is 0 Å². The number of aliphatic hydroxyl groups is 1. The van der Waals surface area contributed by atoms with Gasteiger partial charge >= 0.3 is 0 Å². The summed E-state index contributed by atoms with van der Waals surface area (Å²) in [6.45, 7) is 0.815. The van der Waals surface area contributed by atoms with E-state index in [4.69, 9.17) is 4.74 Å². The van der Waals surface area contributed by atoms with Crippen molar-refractivity contribution in [3.05, 3.63) is 54.1 Å². The summed E-state index contributed by atoms with van der Waals surface area (Å²) in [5, 5.41) is 13.6. The molecule has 0 aliphatic carbocycles. The third-order valence-electron chi connectivity index (χ3n) is 4.77. The molecule has 0 radical (unpaired) electrons. The second-order valence-electron chi connectivity index (χ2n) is 6.37. The number of fused-ring (bicyclic) bond motifs is 1. The van der Waals surface area contributed by atoms with Crippen LogP contribution >= 0.6 is 0 Å². The summed E-state index contributed by atoms with van der Waals surface area (Å²) in [4.78, 5) is 7.77. The quantitative estimate of drug-likeness (QED) is 0.674. The average Bonchev–Trinajstić information content (AvgIpc) is 3.12. The number of aromatic amines is 1. The number of pyridine rings is 1. The Morgan fingerprint density at radius 2 is 2.15 bits per heavy atom. The van der Waals surface area contributed by atoms with Crippen molar-refractivity contribution >= 4 is 16.6 Å². The number of H-pyrrole nitrogens is 1. The van der Waals surface area contributed by atoms with Crippen LogP contribution in [0.5, 0.6) is 5.75 Å². The minimum atomic E-state index is -0.312. The Labute approximate surface area is 150 Å². The summed E-state index contributed by atoms with van der Waals surface area (Å²) in [5.74, 6) is 0.302. The van der Waals surface area contributed by atoms with Crippen LogP contribution in [0.25, 0.3) is 27.7 Å². The zero-order valence-corrected chi connectivity index (χ0v) is 14.4. The fourth-order valence-corrected chi connectivity index (χ4v) is 3.44. The predicted octanol–water partition coefficient (Wildman–Crippen LogP) is 3.12. The van der Waals surface area contributed by atoms with Gasteiger partial charge in [-0.1, -0.05) is 6.08 Å². The lowest BCUT2D eigenvalue weighted by atomic mass is 9.98. The lowest BCUT2D eigenvalue weighted by molar-refractivity contribution is 0.245. The standard InChI is InChI=1S/C20H20FN3O2/c1-26-19-3-2-13(21)9-16(19)15-5-7-23-20-17(15)10-18(24-20)12-4-6-22-14(8-12)11-25/h2-5,7,9-10,14,22,25H,6,8,11H2,1H3,(H,23,24)/t14-/m0/s1. The third kappa shape index (κ3) is 2.98. The van der Waals surface area contributed by atoms with Crippen LogP contribution in [0.2, 0.25) is 0 Å². The molecular formula is C20H20FN3O2. The van der Waals surface area contributed by atoms with Gasteiger partial charge in [-0.25, -0.2) is 9.37 Å². The highest BCUT2D eigenvalue weighted by Gasteiger charge is 2.18. The first-order valence-corrected chi connectivity index (χ1v) is 8.55. The van der Waals surface area contributed by atoms with Crippen LogP contribution in [-0.4, -0.2) is 41.4 Å². The number of hydrogen-bond donors (Lipinski definition) is 3. The number of hydrogen-bond acceptors (Lipinski definition) is 4. The summed E-state index contributed by atoms with van der Waals surface area (Å²) >= 11 is 0. The molecule has 134 valence electrons. The van der Waals surface area contributed by atoms with Crippen molar-refractivity contribution in [3.8, 4) is 16.9 Å². The highest BCUT2D eigenvalue weighted by Crippen LogP contribution is 2.36. The zero-order valence-electron chi connectivity index (χ0n) is 14.4. The molecule has 0 fully saturated rings. The van der Waals surface area contributed by atoms with E-state index < -0.39 is 0 Å². The van der Waals surface area contributed by atoms with E-state index in [0.717, 1.165) is 34.3 Å². The van der Waals surface area contributed by atoms with Crippen LogP contribution in [-0.2, 0) is 0 Å². The maximum Gasteiger partial charge on any atom is 0.138 e. The molecule has 26 heavy (non-hydrogen) atoms. The molecule has 6 heteroatoms. The molecule has 0 saturated heterocycles. The molecule has 4 rings (SSSR count). The van der Waals surface area contributed by atoms with E-state index in [-0.39, 0.29) is 18.5 Å². The Kier molecular flexibility index (Phi) is 4.44. The normalized spacial score (nSPS) is 17.3. The molecule has 0 spiro atoms. The number of ether oxygens (including phenoxy) is 1. The lowest BCUT2D eigenvalue weighted by Crippen LogP contribution is -2.35. The van der Waals surface area contributed by atoms with Crippen molar-refractivity contribution < 1.29 is 14.2 Å². The van der Waals surface area contributed by atoms with E-state index in [1.165, 1.54) is 12.1 Å². The number of aliphatic hydroxyl groups excluding tert-OH is 1. The Bertz CT molecular complexity index is 980. The molecule has 0 saturated carbocycles. The van der Waals surface area contributed by atoms with Gasteiger partial charge in [0, 0.05) is 35.4 Å². The van der Waals surface area contributed by atoms with E-state index in [1.54, 1.807) is 19.4 Å². The predicted molar refractivity (Wildman–Crippen MR) is 99.5 cm³/mol. The van der Waals surface area contributed by atoms with Crippen LogP contribution in [0, 0.1) is 5.82 Å². The van der Waals surface area contributed by atoms with Crippen LogP contribution in [0.4, 0.5) is 4.39 Å². The van der Waals surface area contributed by atoms with E-state index in [9.17, 15) is 9.50 Å². The maximum atomic E-state index is 13.8. The molecule has 1 aliphatic heterocycles. The number of rotatable bonds is 4. The molecule has 1 aromatic carbocycles. The van der Waals surface area contributed by atoms with Gasteiger partial charge < -0.3 is 20.1 Å². The topological polar surface area (TPSA) is 70.2 Å². The van der Waals surface area contributed by atoms with Crippen LogP contribution < -0.4 is 10.1 Å². The number of halogens is 1. The van der Waals surface area contributed by atoms with Gasteiger partial charge in [0.05, 0.1) is 13.7 Å². The van der Waals surface area contributed by atoms with Gasteiger partial charge in [0.1, 0.15) is 17.2 Å². The van der Waals surface area contributed by atoms with Gasteiger partial charge in [0.15, 0.2) is 0 Å². The Hall–Kier alpha value is -2.70. The molecule has 3 aromatic rings. The number of benzene rings is 1. The molecule has 1 atom stereocenters. The minimum absolute atomic E-state index is 0.0529. The van der Waals surface area contributed by atoms with E-state index in [1.807, 2.05) is 12.1 Å². The molecule has 0 bridgehead atoms.